The third-order valence-electron chi connectivity index (χ3n) is 4.00. The number of hydrogen-bond donors (Lipinski definition) is 1. The van der Waals surface area contributed by atoms with Crippen molar-refractivity contribution in [2.45, 2.75) is 58.9 Å². The molecule has 0 aliphatic carbocycles. The minimum atomic E-state index is -0.385. The predicted octanol–water partition coefficient (Wildman–Crippen LogP) is 2.58. The van der Waals surface area contributed by atoms with E-state index in [4.69, 9.17) is 0 Å². The number of hydrogen-bond acceptors (Lipinski definition) is 3. The largest absolute Gasteiger partial charge is 0.346 e. The number of ketones is 1. The van der Waals surface area contributed by atoms with Crippen LogP contribution in [-0.4, -0.2) is 35.1 Å². The third kappa shape index (κ3) is 6.00. The van der Waals surface area contributed by atoms with Crippen molar-refractivity contribution in [1.29, 1.82) is 0 Å². The molecular weight excluding hydrogens is 292 g/mol. The summed E-state index contributed by atoms with van der Waals surface area (Å²) in [4.78, 5) is 36.9. The van der Waals surface area contributed by atoms with Crippen LogP contribution in [-0.2, 0) is 14.4 Å². The first-order valence-electron chi connectivity index (χ1n) is 8.37. The van der Waals surface area contributed by atoms with Gasteiger partial charge in [-0.05, 0) is 24.8 Å². The normalized spacial score (nSPS) is 15.4. The maximum Gasteiger partial charge on any atom is 0.251 e. The molecule has 5 heteroatoms. The van der Waals surface area contributed by atoms with Gasteiger partial charge in [0.2, 0.25) is 5.91 Å². The Bertz CT molecular complexity index is 476. The Morgan fingerprint density at radius 2 is 1.91 bits per heavy atom. The summed E-state index contributed by atoms with van der Waals surface area (Å²) in [5.41, 5.74) is 0.727. The minimum Gasteiger partial charge on any atom is -0.346 e. The number of unbranched alkanes of at least 4 members (excludes halogenated alkanes) is 2. The number of rotatable bonds is 10. The van der Waals surface area contributed by atoms with E-state index in [1.165, 1.54) is 6.08 Å². The molecule has 0 spiro atoms. The number of nitrogens with zero attached hydrogens (tertiary/aromatic N) is 1. The Morgan fingerprint density at radius 1 is 1.22 bits per heavy atom. The van der Waals surface area contributed by atoms with E-state index >= 15 is 0 Å². The van der Waals surface area contributed by atoms with Crippen LogP contribution in [0.3, 0.4) is 0 Å². The molecule has 1 rings (SSSR count). The SMILES string of the molecule is C=C1C=CC(=O)N1CCCCCC(=O)NC(C(=O)CC)C(C)C. The molecule has 0 aromatic rings. The summed E-state index contributed by atoms with van der Waals surface area (Å²) in [7, 11) is 0. The number of Topliss-reactive ketones (excluding diaryl/α,β-unsaturated/α-hetero) is 1. The van der Waals surface area contributed by atoms with Crippen LogP contribution in [0.5, 0.6) is 0 Å². The van der Waals surface area contributed by atoms with E-state index in [1.54, 1.807) is 11.0 Å². The molecule has 1 N–H and O–H groups in total. The van der Waals surface area contributed by atoms with Crippen molar-refractivity contribution < 1.29 is 14.4 Å². The fourth-order valence-corrected chi connectivity index (χ4v) is 2.56. The van der Waals surface area contributed by atoms with Crippen LogP contribution in [0.2, 0.25) is 0 Å². The zero-order valence-corrected chi connectivity index (χ0v) is 14.4. The molecule has 5 nitrogen and oxygen atoms in total. The Hall–Kier alpha value is -1.91. The first-order chi connectivity index (χ1) is 10.9. The van der Waals surface area contributed by atoms with Crippen molar-refractivity contribution in [3.8, 4) is 0 Å². The number of carbonyl (C=O) groups excluding carboxylic acids is 3. The van der Waals surface area contributed by atoms with E-state index in [0.717, 1.165) is 25.0 Å². The van der Waals surface area contributed by atoms with E-state index in [0.29, 0.717) is 19.4 Å². The second-order valence-electron chi connectivity index (χ2n) is 6.23. The second kappa shape index (κ2) is 9.28. The highest BCUT2D eigenvalue weighted by Gasteiger charge is 2.22. The molecular formula is C18H28N2O3. The van der Waals surface area contributed by atoms with Crippen LogP contribution >= 0.6 is 0 Å². The van der Waals surface area contributed by atoms with Gasteiger partial charge in [0.1, 0.15) is 0 Å². The topological polar surface area (TPSA) is 66.5 Å². The van der Waals surface area contributed by atoms with Crippen LogP contribution in [0.25, 0.3) is 0 Å². The molecule has 2 amide bonds. The van der Waals surface area contributed by atoms with Crippen LogP contribution in [0.4, 0.5) is 0 Å². The zero-order valence-electron chi connectivity index (χ0n) is 14.4. The third-order valence-corrected chi connectivity index (χ3v) is 4.00. The molecule has 0 fully saturated rings. The highest BCUT2D eigenvalue weighted by Crippen LogP contribution is 2.14. The first kappa shape index (κ1) is 19.1. The van der Waals surface area contributed by atoms with Gasteiger partial charge in [-0.1, -0.05) is 33.8 Å². The van der Waals surface area contributed by atoms with Gasteiger partial charge in [0.25, 0.3) is 5.91 Å². The molecule has 1 heterocycles. The van der Waals surface area contributed by atoms with Crippen molar-refractivity contribution in [1.82, 2.24) is 10.2 Å². The molecule has 128 valence electrons. The average Bonchev–Trinajstić information content (AvgIpc) is 2.82. The van der Waals surface area contributed by atoms with Gasteiger partial charge in [-0.15, -0.1) is 0 Å². The summed E-state index contributed by atoms with van der Waals surface area (Å²) in [6, 6.07) is -0.385. The lowest BCUT2D eigenvalue weighted by Crippen LogP contribution is -2.44. The van der Waals surface area contributed by atoms with E-state index in [1.807, 2.05) is 20.8 Å². The van der Waals surface area contributed by atoms with Gasteiger partial charge < -0.3 is 10.2 Å². The summed E-state index contributed by atoms with van der Waals surface area (Å²) in [6.45, 7) is 10.1. The smallest absolute Gasteiger partial charge is 0.251 e. The van der Waals surface area contributed by atoms with E-state index in [2.05, 4.69) is 11.9 Å². The fraction of sp³-hybridized carbons (Fsp3) is 0.611. The Kier molecular flexibility index (Phi) is 7.72. The van der Waals surface area contributed by atoms with E-state index in [-0.39, 0.29) is 29.6 Å². The molecule has 1 aliphatic heterocycles. The standard InChI is InChI=1S/C18H28N2O3/c1-5-15(21)18(13(2)3)19-16(22)9-7-6-8-12-20-14(4)10-11-17(20)23/h10-11,13,18H,4-9,12H2,1-3H3,(H,19,22). The van der Waals surface area contributed by atoms with Crippen LogP contribution < -0.4 is 5.32 Å². The van der Waals surface area contributed by atoms with E-state index < -0.39 is 0 Å². The van der Waals surface area contributed by atoms with Gasteiger partial charge in [-0.25, -0.2) is 0 Å². The van der Waals surface area contributed by atoms with Crippen molar-refractivity contribution in [3.63, 3.8) is 0 Å². The van der Waals surface area contributed by atoms with Gasteiger partial charge in [0, 0.05) is 31.2 Å². The van der Waals surface area contributed by atoms with Gasteiger partial charge in [0.15, 0.2) is 5.78 Å². The quantitative estimate of drug-likeness (QED) is 0.629. The highest BCUT2D eigenvalue weighted by atomic mass is 16.2. The maximum atomic E-state index is 11.9. The van der Waals surface area contributed by atoms with Gasteiger partial charge in [-0.2, -0.15) is 0 Å². The average molecular weight is 320 g/mol. The van der Waals surface area contributed by atoms with E-state index in [9.17, 15) is 14.4 Å². The van der Waals surface area contributed by atoms with Crippen LogP contribution in [0, 0.1) is 5.92 Å². The number of nitrogens with one attached hydrogen (secondary N) is 1. The summed E-state index contributed by atoms with van der Waals surface area (Å²) in [5.74, 6) is 0.0809. The Balaban J connectivity index is 2.22. The summed E-state index contributed by atoms with van der Waals surface area (Å²) in [5, 5.41) is 2.84. The van der Waals surface area contributed by atoms with Crippen molar-refractivity contribution in [2.75, 3.05) is 6.54 Å². The molecule has 0 saturated heterocycles. The molecule has 0 aromatic carbocycles. The Morgan fingerprint density at radius 3 is 2.43 bits per heavy atom. The molecule has 1 aliphatic rings. The lowest BCUT2D eigenvalue weighted by Gasteiger charge is -2.20. The second-order valence-corrected chi connectivity index (χ2v) is 6.23. The molecule has 0 radical (unpaired) electrons. The van der Waals surface area contributed by atoms with Crippen molar-refractivity contribution in [2.24, 2.45) is 5.92 Å². The molecule has 0 saturated carbocycles. The summed E-state index contributed by atoms with van der Waals surface area (Å²) < 4.78 is 0. The van der Waals surface area contributed by atoms with Crippen molar-refractivity contribution in [3.05, 3.63) is 24.4 Å². The number of allylic oxidation sites excluding steroid dienone is 1. The van der Waals surface area contributed by atoms with Crippen LogP contribution in [0.1, 0.15) is 52.9 Å². The summed E-state index contributed by atoms with van der Waals surface area (Å²) in [6.07, 6.45) is 6.52. The molecule has 1 atom stereocenters. The van der Waals surface area contributed by atoms with Gasteiger partial charge >= 0.3 is 0 Å². The first-order valence-corrected chi connectivity index (χ1v) is 8.37. The van der Waals surface area contributed by atoms with Gasteiger partial charge in [-0.3, -0.25) is 14.4 Å². The number of carbonyl (C=O) groups is 3. The Labute approximate surface area is 138 Å². The molecule has 1 unspecified atom stereocenters. The highest BCUT2D eigenvalue weighted by molar-refractivity contribution is 5.93. The predicted molar refractivity (Wildman–Crippen MR) is 90.5 cm³/mol. The zero-order chi connectivity index (χ0) is 17.4. The molecule has 0 aromatic heterocycles. The minimum absolute atomic E-state index is 0.0226. The van der Waals surface area contributed by atoms with Gasteiger partial charge in [0.05, 0.1) is 6.04 Å². The summed E-state index contributed by atoms with van der Waals surface area (Å²) >= 11 is 0. The number of amides is 2. The lowest BCUT2D eigenvalue weighted by molar-refractivity contribution is -0.128. The lowest BCUT2D eigenvalue weighted by atomic mass is 9.98. The maximum absolute atomic E-state index is 11.9. The monoisotopic (exact) mass is 320 g/mol. The molecule has 0 bridgehead atoms. The fourth-order valence-electron chi connectivity index (χ4n) is 2.56. The van der Waals surface area contributed by atoms with Crippen LogP contribution in [0.15, 0.2) is 24.4 Å². The molecule has 23 heavy (non-hydrogen) atoms. The van der Waals surface area contributed by atoms with Crippen molar-refractivity contribution >= 4 is 17.6 Å².